The second-order valence-electron chi connectivity index (χ2n) is 2.59. The Morgan fingerprint density at radius 2 is 2.08 bits per heavy atom. The van der Waals surface area contributed by atoms with Gasteiger partial charge in [-0.25, -0.2) is 4.79 Å². The quantitative estimate of drug-likeness (QED) is 0.672. The first-order valence-electron chi connectivity index (χ1n) is 3.72. The predicted molar refractivity (Wildman–Crippen MR) is 38.1 cm³/mol. The van der Waals surface area contributed by atoms with Gasteiger partial charge in [0.25, 0.3) is 0 Å². The standard InChI is InChI=1S/C7H12F2O3/c1-2-3-4-5(10)7(8,9)6(11)12/h5,10H,2-4H2,1H3,(H,11,12). The van der Waals surface area contributed by atoms with Crippen LogP contribution in [-0.4, -0.2) is 28.2 Å². The van der Waals surface area contributed by atoms with Gasteiger partial charge in [-0.05, 0) is 6.42 Å². The lowest BCUT2D eigenvalue weighted by Gasteiger charge is -2.17. The molecule has 0 aromatic carbocycles. The molecule has 0 aromatic heterocycles. The molecule has 1 unspecified atom stereocenters. The number of unbranched alkanes of at least 4 members (excludes halogenated alkanes) is 1. The van der Waals surface area contributed by atoms with E-state index >= 15 is 0 Å². The van der Waals surface area contributed by atoms with E-state index in [4.69, 9.17) is 10.2 Å². The van der Waals surface area contributed by atoms with Crippen molar-refractivity contribution in [3.8, 4) is 0 Å². The van der Waals surface area contributed by atoms with E-state index in [-0.39, 0.29) is 6.42 Å². The van der Waals surface area contributed by atoms with Crippen molar-refractivity contribution in [3.63, 3.8) is 0 Å². The molecule has 0 aliphatic heterocycles. The highest BCUT2D eigenvalue weighted by molar-refractivity contribution is 5.76. The number of carboxylic acids is 1. The summed E-state index contributed by atoms with van der Waals surface area (Å²) in [5.74, 6) is -6.29. The van der Waals surface area contributed by atoms with E-state index in [1.54, 1.807) is 6.92 Å². The number of aliphatic carboxylic acids is 1. The van der Waals surface area contributed by atoms with E-state index in [0.29, 0.717) is 12.8 Å². The van der Waals surface area contributed by atoms with Gasteiger partial charge in [0.05, 0.1) is 0 Å². The van der Waals surface area contributed by atoms with Crippen LogP contribution < -0.4 is 0 Å². The second-order valence-corrected chi connectivity index (χ2v) is 2.59. The fourth-order valence-corrected chi connectivity index (χ4v) is 0.721. The fourth-order valence-electron chi connectivity index (χ4n) is 0.721. The minimum absolute atomic E-state index is 0.185. The van der Waals surface area contributed by atoms with Crippen molar-refractivity contribution in [2.75, 3.05) is 0 Å². The molecular formula is C7H12F2O3. The molecule has 12 heavy (non-hydrogen) atoms. The molecular weight excluding hydrogens is 170 g/mol. The van der Waals surface area contributed by atoms with E-state index in [1.165, 1.54) is 0 Å². The highest BCUT2D eigenvalue weighted by atomic mass is 19.3. The first-order valence-corrected chi connectivity index (χ1v) is 3.72. The molecule has 0 amide bonds. The van der Waals surface area contributed by atoms with Crippen LogP contribution in [0, 0.1) is 0 Å². The molecule has 0 fully saturated rings. The molecule has 0 bridgehead atoms. The highest BCUT2D eigenvalue weighted by Gasteiger charge is 2.46. The predicted octanol–water partition coefficient (Wildman–Crippen LogP) is 1.26. The summed E-state index contributed by atoms with van der Waals surface area (Å²) in [4.78, 5) is 9.92. The molecule has 0 aliphatic rings. The number of alkyl halides is 2. The number of carbonyl (C=O) groups is 1. The molecule has 3 nitrogen and oxygen atoms in total. The molecule has 0 heterocycles. The van der Waals surface area contributed by atoms with Crippen LogP contribution in [0.1, 0.15) is 26.2 Å². The number of aliphatic hydroxyl groups excluding tert-OH is 1. The topological polar surface area (TPSA) is 57.5 Å². The van der Waals surface area contributed by atoms with Crippen molar-refractivity contribution in [1.82, 2.24) is 0 Å². The average Bonchev–Trinajstić information content (AvgIpc) is 1.99. The maximum Gasteiger partial charge on any atom is 0.377 e. The Kier molecular flexibility index (Phi) is 4.09. The van der Waals surface area contributed by atoms with Crippen LogP contribution in [0.3, 0.4) is 0 Å². The summed E-state index contributed by atoms with van der Waals surface area (Å²) in [7, 11) is 0. The van der Waals surface area contributed by atoms with Crippen LogP contribution in [-0.2, 0) is 4.79 Å². The molecule has 0 aromatic rings. The summed E-state index contributed by atoms with van der Waals surface area (Å²) < 4.78 is 24.8. The number of rotatable bonds is 5. The zero-order valence-corrected chi connectivity index (χ0v) is 6.76. The van der Waals surface area contributed by atoms with E-state index in [1.807, 2.05) is 0 Å². The lowest BCUT2D eigenvalue weighted by molar-refractivity contribution is -0.182. The van der Waals surface area contributed by atoms with Crippen molar-refractivity contribution >= 4 is 5.97 Å². The molecule has 0 spiro atoms. The summed E-state index contributed by atoms with van der Waals surface area (Å²) in [5.41, 5.74) is 0. The van der Waals surface area contributed by atoms with Gasteiger partial charge in [-0.1, -0.05) is 19.8 Å². The van der Waals surface area contributed by atoms with Gasteiger partial charge in [0.15, 0.2) is 0 Å². The Balaban J connectivity index is 4.06. The van der Waals surface area contributed by atoms with Crippen molar-refractivity contribution < 1.29 is 23.8 Å². The zero-order chi connectivity index (χ0) is 9.78. The number of aliphatic hydroxyl groups is 1. The molecule has 1 atom stereocenters. The maximum atomic E-state index is 12.4. The van der Waals surface area contributed by atoms with Crippen molar-refractivity contribution in [2.24, 2.45) is 0 Å². The first kappa shape index (κ1) is 11.3. The lowest BCUT2D eigenvalue weighted by atomic mass is 10.1. The summed E-state index contributed by atoms with van der Waals surface area (Å²) in [5, 5.41) is 16.7. The molecule has 0 saturated carbocycles. The normalized spacial score (nSPS) is 14.3. The zero-order valence-electron chi connectivity index (χ0n) is 6.76. The molecule has 2 N–H and O–H groups in total. The minimum atomic E-state index is -4.02. The van der Waals surface area contributed by atoms with Gasteiger partial charge < -0.3 is 10.2 Å². The first-order chi connectivity index (χ1) is 5.42. The minimum Gasteiger partial charge on any atom is -0.477 e. The Morgan fingerprint density at radius 1 is 1.58 bits per heavy atom. The number of hydrogen-bond acceptors (Lipinski definition) is 2. The molecule has 0 rings (SSSR count). The fraction of sp³-hybridized carbons (Fsp3) is 0.857. The average molecular weight is 182 g/mol. The SMILES string of the molecule is CCCCC(O)C(F)(F)C(=O)O. The van der Waals surface area contributed by atoms with Crippen LogP contribution in [0.15, 0.2) is 0 Å². The van der Waals surface area contributed by atoms with Crippen molar-refractivity contribution in [3.05, 3.63) is 0 Å². The van der Waals surface area contributed by atoms with Gasteiger partial charge in [0, 0.05) is 0 Å². The molecule has 5 heteroatoms. The van der Waals surface area contributed by atoms with E-state index in [0.717, 1.165) is 0 Å². The third-order valence-corrected chi connectivity index (χ3v) is 1.53. The van der Waals surface area contributed by atoms with Gasteiger partial charge in [0.2, 0.25) is 0 Å². The highest BCUT2D eigenvalue weighted by Crippen LogP contribution is 2.22. The van der Waals surface area contributed by atoms with Crippen molar-refractivity contribution in [2.45, 2.75) is 38.2 Å². The Labute approximate surface area is 69.0 Å². The van der Waals surface area contributed by atoms with Crippen LogP contribution in [0.2, 0.25) is 0 Å². The summed E-state index contributed by atoms with van der Waals surface area (Å²) >= 11 is 0. The van der Waals surface area contributed by atoms with Gasteiger partial charge in [-0.15, -0.1) is 0 Å². The third-order valence-electron chi connectivity index (χ3n) is 1.53. The molecule has 0 saturated heterocycles. The Morgan fingerprint density at radius 3 is 2.42 bits per heavy atom. The lowest BCUT2D eigenvalue weighted by Crippen LogP contribution is -2.41. The van der Waals surface area contributed by atoms with Crippen LogP contribution in [0.25, 0.3) is 0 Å². The van der Waals surface area contributed by atoms with Crippen LogP contribution in [0.5, 0.6) is 0 Å². The van der Waals surface area contributed by atoms with E-state index in [2.05, 4.69) is 0 Å². The van der Waals surface area contributed by atoms with Gasteiger partial charge >= 0.3 is 11.9 Å². The van der Waals surface area contributed by atoms with Gasteiger partial charge in [0.1, 0.15) is 6.10 Å². The maximum absolute atomic E-state index is 12.4. The smallest absolute Gasteiger partial charge is 0.377 e. The summed E-state index contributed by atoms with van der Waals surface area (Å²) in [6.45, 7) is 1.77. The monoisotopic (exact) mass is 182 g/mol. The molecule has 0 aliphatic carbocycles. The third kappa shape index (κ3) is 2.73. The Hall–Kier alpha value is -0.710. The van der Waals surface area contributed by atoms with Gasteiger partial charge in [-0.3, -0.25) is 0 Å². The summed E-state index contributed by atoms with van der Waals surface area (Å²) in [6, 6.07) is 0. The van der Waals surface area contributed by atoms with E-state index in [9.17, 15) is 13.6 Å². The second kappa shape index (κ2) is 4.35. The summed E-state index contributed by atoms with van der Waals surface area (Å²) in [6.07, 6.45) is -1.22. The largest absolute Gasteiger partial charge is 0.477 e. The van der Waals surface area contributed by atoms with Crippen molar-refractivity contribution in [1.29, 1.82) is 0 Å². The number of carboxylic acid groups (broad SMARTS) is 1. The van der Waals surface area contributed by atoms with Crippen LogP contribution in [0.4, 0.5) is 8.78 Å². The molecule has 0 radical (unpaired) electrons. The van der Waals surface area contributed by atoms with Crippen LogP contribution >= 0.6 is 0 Å². The molecule has 72 valence electrons. The number of halogens is 2. The Bertz CT molecular complexity index is 159. The van der Waals surface area contributed by atoms with Gasteiger partial charge in [-0.2, -0.15) is 8.78 Å². The number of hydrogen-bond donors (Lipinski definition) is 2. The van der Waals surface area contributed by atoms with E-state index < -0.39 is 18.0 Å².